The van der Waals surface area contributed by atoms with Gasteiger partial charge in [-0.25, -0.2) is 0 Å². The Balaban J connectivity index is 1.85. The van der Waals surface area contributed by atoms with Crippen molar-refractivity contribution < 1.29 is 19.5 Å². The highest BCUT2D eigenvalue weighted by Gasteiger charge is 2.71. The molecule has 7 nitrogen and oxygen atoms in total. The monoisotopic (exact) mass is 461 g/mol. The van der Waals surface area contributed by atoms with Crippen LogP contribution in [0.1, 0.15) is 41.0 Å². The predicted octanol–water partition coefficient (Wildman–Crippen LogP) is 1.67. The molecule has 176 valence electrons. The zero-order valence-electron chi connectivity index (χ0n) is 19.7. The van der Waals surface area contributed by atoms with Crippen molar-refractivity contribution in [3.63, 3.8) is 0 Å². The minimum atomic E-state index is -0.817. The number of hydrogen-bond donors (Lipinski definition) is 1. The second-order valence-electron chi connectivity index (χ2n) is 10.4. The van der Waals surface area contributed by atoms with Gasteiger partial charge in [-0.3, -0.25) is 14.4 Å². The van der Waals surface area contributed by atoms with Crippen molar-refractivity contribution in [3.05, 3.63) is 24.3 Å². The van der Waals surface area contributed by atoms with E-state index in [0.29, 0.717) is 19.6 Å². The number of likely N-dealkylation sites (tertiary alicyclic amines) is 1. The molecule has 4 aliphatic heterocycles. The first kappa shape index (κ1) is 23.4. The van der Waals surface area contributed by atoms with Crippen LogP contribution < -0.4 is 0 Å². The van der Waals surface area contributed by atoms with E-state index in [1.807, 2.05) is 55.7 Å². The average Bonchev–Trinajstić information content (AvgIpc) is 3.05. The summed E-state index contributed by atoms with van der Waals surface area (Å²) in [6.45, 7) is 11.2. The zero-order valence-corrected chi connectivity index (χ0v) is 20.5. The Morgan fingerprint density at radius 1 is 1.16 bits per heavy atom. The standard InChI is InChI=1S/C24H35N3O4S/c1-6-11-25-12-7-9-16-17(20(25)29)18-21(30)27(15(2)14-28)19-22(31)26(23(3,4)5)13-8-10-24(18,19)32-16/h7-10,15-19,28H,6,11-14H2,1-5H3/t15-,16+,17-,18+,19?,24+/m1/s1. The van der Waals surface area contributed by atoms with Crippen molar-refractivity contribution in [1.29, 1.82) is 0 Å². The highest BCUT2D eigenvalue weighted by molar-refractivity contribution is 8.02. The van der Waals surface area contributed by atoms with Crippen LogP contribution in [0.4, 0.5) is 0 Å². The van der Waals surface area contributed by atoms with Crippen LogP contribution in [0.2, 0.25) is 0 Å². The summed E-state index contributed by atoms with van der Waals surface area (Å²) in [6.07, 6.45) is 8.96. The summed E-state index contributed by atoms with van der Waals surface area (Å²) < 4.78 is -0.817. The largest absolute Gasteiger partial charge is 0.394 e. The van der Waals surface area contributed by atoms with E-state index in [-0.39, 0.29) is 29.6 Å². The van der Waals surface area contributed by atoms with E-state index >= 15 is 0 Å². The maximum atomic E-state index is 14.0. The molecule has 4 aliphatic rings. The third-order valence-corrected chi connectivity index (χ3v) is 8.97. The van der Waals surface area contributed by atoms with Gasteiger partial charge in [0, 0.05) is 30.4 Å². The van der Waals surface area contributed by atoms with Crippen molar-refractivity contribution in [2.24, 2.45) is 11.8 Å². The number of hydrogen-bond acceptors (Lipinski definition) is 5. The van der Waals surface area contributed by atoms with Gasteiger partial charge in [0.15, 0.2) is 0 Å². The van der Waals surface area contributed by atoms with Crippen molar-refractivity contribution in [3.8, 4) is 0 Å². The van der Waals surface area contributed by atoms with Gasteiger partial charge in [0.2, 0.25) is 17.7 Å². The number of nitrogens with zero attached hydrogens (tertiary/aromatic N) is 3. The van der Waals surface area contributed by atoms with Gasteiger partial charge in [-0.2, -0.15) is 0 Å². The second kappa shape index (κ2) is 8.20. The van der Waals surface area contributed by atoms with E-state index in [2.05, 4.69) is 6.08 Å². The number of amides is 3. The summed E-state index contributed by atoms with van der Waals surface area (Å²) in [5, 5.41) is 9.81. The first-order valence-corrected chi connectivity index (χ1v) is 12.5. The van der Waals surface area contributed by atoms with E-state index in [1.165, 1.54) is 0 Å². The van der Waals surface area contributed by atoms with Crippen LogP contribution in [0.5, 0.6) is 0 Å². The predicted molar refractivity (Wildman–Crippen MR) is 125 cm³/mol. The lowest BCUT2D eigenvalue weighted by Gasteiger charge is -2.41. The van der Waals surface area contributed by atoms with Crippen LogP contribution in [0, 0.1) is 11.8 Å². The normalized spacial score (nSPS) is 35.6. The number of aliphatic hydroxyl groups is 1. The molecule has 4 rings (SSSR count). The maximum absolute atomic E-state index is 14.0. The van der Waals surface area contributed by atoms with Crippen LogP contribution >= 0.6 is 11.8 Å². The molecule has 1 N–H and O–H groups in total. The van der Waals surface area contributed by atoms with Crippen molar-refractivity contribution in [2.75, 3.05) is 26.2 Å². The molecule has 0 aromatic carbocycles. The molecule has 0 aromatic heterocycles. The quantitative estimate of drug-likeness (QED) is 0.644. The molecule has 0 saturated carbocycles. The Kier molecular flexibility index (Phi) is 5.99. The number of carbonyl (C=O) groups excluding carboxylic acids is 3. The molecule has 0 aromatic rings. The lowest BCUT2D eigenvalue weighted by Crippen LogP contribution is -2.59. The molecule has 3 amide bonds. The minimum absolute atomic E-state index is 0.000370. The molecule has 32 heavy (non-hydrogen) atoms. The Hall–Kier alpha value is -1.80. The lowest BCUT2D eigenvalue weighted by molar-refractivity contribution is -0.148. The zero-order chi connectivity index (χ0) is 23.4. The van der Waals surface area contributed by atoms with Crippen molar-refractivity contribution >= 4 is 29.5 Å². The molecule has 0 aliphatic carbocycles. The van der Waals surface area contributed by atoms with Crippen molar-refractivity contribution in [2.45, 2.75) is 68.7 Å². The summed E-state index contributed by atoms with van der Waals surface area (Å²) in [4.78, 5) is 46.8. The number of rotatable bonds is 4. The summed E-state index contributed by atoms with van der Waals surface area (Å²) in [5.41, 5.74) is -0.413. The van der Waals surface area contributed by atoms with E-state index in [9.17, 15) is 19.5 Å². The van der Waals surface area contributed by atoms with Gasteiger partial charge in [0.1, 0.15) is 6.04 Å². The van der Waals surface area contributed by atoms with Gasteiger partial charge in [0.25, 0.3) is 0 Å². The summed E-state index contributed by atoms with van der Waals surface area (Å²) in [6, 6.07) is -1.24. The van der Waals surface area contributed by atoms with Crippen LogP contribution in [-0.4, -0.2) is 91.4 Å². The molecule has 1 unspecified atom stereocenters. The van der Waals surface area contributed by atoms with Gasteiger partial charge in [-0.1, -0.05) is 31.2 Å². The molecule has 2 saturated heterocycles. The molecular formula is C24H35N3O4S. The fraction of sp³-hybridized carbons (Fsp3) is 0.708. The lowest BCUT2D eigenvalue weighted by atomic mass is 9.78. The van der Waals surface area contributed by atoms with E-state index < -0.39 is 34.2 Å². The molecule has 4 heterocycles. The number of thioether (sulfide) groups is 1. The molecule has 0 radical (unpaired) electrons. The SMILES string of the molecule is CCCN1CC=C[C@@H]2S[C@]34C=CCN(C(C)(C)C)C(=O)C3N([C@H](C)CO)C(=O)[C@@H]4[C@@H]2C1=O. The highest BCUT2D eigenvalue weighted by Crippen LogP contribution is 2.61. The Labute approximate surface area is 194 Å². The molecule has 1 spiro atoms. The van der Waals surface area contributed by atoms with Gasteiger partial charge in [-0.05, 0) is 34.1 Å². The van der Waals surface area contributed by atoms with E-state index in [0.717, 1.165) is 6.42 Å². The van der Waals surface area contributed by atoms with Crippen LogP contribution in [0.3, 0.4) is 0 Å². The summed E-state index contributed by atoms with van der Waals surface area (Å²) in [7, 11) is 0. The van der Waals surface area contributed by atoms with Crippen LogP contribution in [0.15, 0.2) is 24.3 Å². The van der Waals surface area contributed by atoms with Crippen LogP contribution in [-0.2, 0) is 14.4 Å². The Morgan fingerprint density at radius 2 is 1.88 bits per heavy atom. The van der Waals surface area contributed by atoms with Crippen LogP contribution in [0.25, 0.3) is 0 Å². The number of fused-ring (bicyclic) bond motifs is 2. The van der Waals surface area contributed by atoms with Gasteiger partial charge in [-0.15, -0.1) is 11.8 Å². The van der Waals surface area contributed by atoms with Gasteiger partial charge >= 0.3 is 0 Å². The third kappa shape index (κ3) is 3.33. The maximum Gasteiger partial charge on any atom is 0.247 e. The summed E-state index contributed by atoms with van der Waals surface area (Å²) >= 11 is 1.59. The first-order chi connectivity index (χ1) is 15.1. The fourth-order valence-corrected chi connectivity index (χ4v) is 7.76. The van der Waals surface area contributed by atoms with Gasteiger partial charge < -0.3 is 19.8 Å². The smallest absolute Gasteiger partial charge is 0.247 e. The molecule has 2 fully saturated rings. The third-order valence-electron chi connectivity index (χ3n) is 7.22. The average molecular weight is 462 g/mol. The van der Waals surface area contributed by atoms with Gasteiger partial charge in [0.05, 0.1) is 29.2 Å². The van der Waals surface area contributed by atoms with E-state index in [1.54, 1.807) is 23.6 Å². The fourth-order valence-electron chi connectivity index (χ4n) is 5.77. The topological polar surface area (TPSA) is 81.2 Å². The number of aliphatic hydroxyl groups excluding tert-OH is 1. The summed E-state index contributed by atoms with van der Waals surface area (Å²) in [5.74, 6) is -1.42. The second-order valence-corrected chi connectivity index (χ2v) is 11.8. The van der Waals surface area contributed by atoms with Crippen molar-refractivity contribution in [1.82, 2.24) is 14.7 Å². The molecule has 0 bridgehead atoms. The molecule has 6 atom stereocenters. The molecule has 8 heteroatoms. The number of carbonyl (C=O) groups is 3. The Morgan fingerprint density at radius 3 is 2.50 bits per heavy atom. The Bertz CT molecular complexity index is 866. The highest BCUT2D eigenvalue weighted by atomic mass is 32.2. The minimum Gasteiger partial charge on any atom is -0.394 e. The van der Waals surface area contributed by atoms with E-state index in [4.69, 9.17) is 0 Å². The molecular weight excluding hydrogens is 426 g/mol. The first-order valence-electron chi connectivity index (χ1n) is 11.6.